The number of halogens is 2. The molecule has 21 heavy (non-hydrogen) atoms. The van der Waals surface area contributed by atoms with Crippen LogP contribution in [-0.2, 0) is 16.4 Å². The lowest BCUT2D eigenvalue weighted by atomic mass is 10.3. The first-order valence-electron chi connectivity index (χ1n) is 5.99. The maximum absolute atomic E-state index is 12.3. The molecule has 9 heteroatoms. The van der Waals surface area contributed by atoms with Gasteiger partial charge in [0.1, 0.15) is 10.7 Å². The van der Waals surface area contributed by atoms with Crippen LogP contribution in [0.2, 0.25) is 4.34 Å². The number of sulfonamides is 1. The molecule has 0 saturated heterocycles. The van der Waals surface area contributed by atoms with Crippen LogP contribution in [0.25, 0.3) is 0 Å². The van der Waals surface area contributed by atoms with Gasteiger partial charge in [-0.2, -0.15) is 0 Å². The summed E-state index contributed by atoms with van der Waals surface area (Å²) < 4.78 is 28.5. The molecule has 0 unspecified atom stereocenters. The number of hydrogen-bond acceptors (Lipinski definition) is 5. The van der Waals surface area contributed by atoms with Gasteiger partial charge in [-0.25, -0.2) is 18.1 Å². The molecule has 0 fully saturated rings. The smallest absolute Gasteiger partial charge is 0.244 e. The van der Waals surface area contributed by atoms with Crippen molar-refractivity contribution in [2.24, 2.45) is 0 Å². The lowest BCUT2D eigenvalue weighted by molar-refractivity contribution is 0.581. The third-order valence-corrected chi connectivity index (χ3v) is 5.84. The highest BCUT2D eigenvalue weighted by atomic mass is 79.9. The molecule has 2 rings (SSSR count). The number of rotatable bonds is 6. The first-order valence-corrected chi connectivity index (χ1v) is 9.46. The Bertz CT molecular complexity index is 734. The van der Waals surface area contributed by atoms with Gasteiger partial charge in [-0.15, -0.1) is 11.3 Å². The van der Waals surface area contributed by atoms with Crippen LogP contribution in [0, 0.1) is 0 Å². The van der Waals surface area contributed by atoms with Crippen LogP contribution in [0.4, 0.5) is 5.82 Å². The molecule has 114 valence electrons. The molecule has 0 atom stereocenters. The highest BCUT2D eigenvalue weighted by molar-refractivity contribution is 9.10. The van der Waals surface area contributed by atoms with E-state index in [4.69, 9.17) is 11.6 Å². The average molecular weight is 411 g/mol. The fourth-order valence-corrected chi connectivity index (χ4v) is 4.47. The van der Waals surface area contributed by atoms with Crippen LogP contribution < -0.4 is 10.0 Å². The van der Waals surface area contributed by atoms with Crippen molar-refractivity contribution in [2.75, 3.05) is 18.9 Å². The van der Waals surface area contributed by atoms with Crippen LogP contribution in [-0.4, -0.2) is 27.0 Å². The average Bonchev–Trinajstić information content (AvgIpc) is 2.84. The first-order chi connectivity index (χ1) is 9.92. The third kappa shape index (κ3) is 4.40. The molecule has 2 aromatic rings. The zero-order chi connectivity index (χ0) is 15.5. The number of nitrogens with one attached hydrogen (secondary N) is 2. The van der Waals surface area contributed by atoms with E-state index in [1.165, 1.54) is 17.4 Å². The van der Waals surface area contributed by atoms with Crippen molar-refractivity contribution < 1.29 is 8.42 Å². The Kier molecular flexibility index (Phi) is 5.61. The van der Waals surface area contributed by atoms with E-state index in [1.807, 2.05) is 6.07 Å². The molecular weight excluding hydrogens is 398 g/mol. The molecule has 0 aliphatic carbocycles. The molecule has 0 aromatic carbocycles. The highest BCUT2D eigenvalue weighted by Gasteiger charge is 2.19. The van der Waals surface area contributed by atoms with E-state index in [0.29, 0.717) is 27.6 Å². The topological polar surface area (TPSA) is 71.1 Å². The Morgan fingerprint density at radius 2 is 2.19 bits per heavy atom. The van der Waals surface area contributed by atoms with Crippen LogP contribution in [0.3, 0.4) is 0 Å². The lowest BCUT2D eigenvalue weighted by Gasteiger charge is -2.10. The molecule has 5 nitrogen and oxygen atoms in total. The van der Waals surface area contributed by atoms with Gasteiger partial charge in [-0.05, 0) is 40.5 Å². The fraction of sp³-hybridized carbons (Fsp3) is 0.250. The number of thiophene rings is 1. The molecule has 2 heterocycles. The Labute approximate surface area is 140 Å². The highest BCUT2D eigenvalue weighted by Crippen LogP contribution is 2.23. The molecule has 0 aliphatic heterocycles. The summed E-state index contributed by atoms with van der Waals surface area (Å²) in [5.74, 6) is 0.310. The Morgan fingerprint density at radius 1 is 1.43 bits per heavy atom. The minimum absolute atomic E-state index is 0.114. The van der Waals surface area contributed by atoms with E-state index in [1.54, 1.807) is 19.3 Å². The van der Waals surface area contributed by atoms with E-state index in [0.717, 1.165) is 4.88 Å². The predicted molar refractivity (Wildman–Crippen MR) is 89.7 cm³/mol. The van der Waals surface area contributed by atoms with Gasteiger partial charge in [-0.3, -0.25) is 0 Å². The number of aromatic nitrogens is 1. The van der Waals surface area contributed by atoms with Crippen LogP contribution in [0.1, 0.15) is 4.88 Å². The first kappa shape index (κ1) is 16.7. The molecule has 0 spiro atoms. The number of anilines is 1. The van der Waals surface area contributed by atoms with Crippen LogP contribution in [0.5, 0.6) is 0 Å². The van der Waals surface area contributed by atoms with Crippen molar-refractivity contribution >= 4 is 54.7 Å². The lowest BCUT2D eigenvalue weighted by Crippen LogP contribution is -2.26. The number of hydrogen-bond donors (Lipinski definition) is 2. The minimum atomic E-state index is -3.62. The summed E-state index contributed by atoms with van der Waals surface area (Å²) in [7, 11) is -1.99. The summed E-state index contributed by atoms with van der Waals surface area (Å²) in [6, 6.07) is 5.21. The maximum atomic E-state index is 12.3. The monoisotopic (exact) mass is 409 g/mol. The summed E-state index contributed by atoms with van der Waals surface area (Å²) >= 11 is 10.5. The normalized spacial score (nSPS) is 11.6. The largest absolute Gasteiger partial charge is 0.372 e. The minimum Gasteiger partial charge on any atom is -0.372 e. The summed E-state index contributed by atoms with van der Waals surface area (Å²) in [6.45, 7) is 0.300. The summed E-state index contributed by atoms with van der Waals surface area (Å²) in [6.07, 6.45) is 2.13. The molecule has 2 N–H and O–H groups in total. The zero-order valence-electron chi connectivity index (χ0n) is 11.1. The predicted octanol–water partition coefficient (Wildman–Crippen LogP) is 3.12. The van der Waals surface area contributed by atoms with Crippen LogP contribution in [0.15, 0.2) is 33.8 Å². The van der Waals surface area contributed by atoms with Crippen LogP contribution >= 0.6 is 38.9 Å². The van der Waals surface area contributed by atoms with E-state index < -0.39 is 10.0 Å². The van der Waals surface area contributed by atoms with Gasteiger partial charge in [0.05, 0.1) is 4.34 Å². The Hall–Kier alpha value is -0.670. The molecule has 0 radical (unpaired) electrons. The van der Waals surface area contributed by atoms with E-state index >= 15 is 0 Å². The summed E-state index contributed by atoms with van der Waals surface area (Å²) in [4.78, 5) is 5.19. The summed E-state index contributed by atoms with van der Waals surface area (Å²) in [5.41, 5.74) is 0. The van der Waals surface area contributed by atoms with Gasteiger partial charge in [0, 0.05) is 29.1 Å². The third-order valence-electron chi connectivity index (χ3n) is 2.64. The van der Waals surface area contributed by atoms with Gasteiger partial charge in [0.2, 0.25) is 10.0 Å². The second-order valence-corrected chi connectivity index (χ2v) is 8.55. The maximum Gasteiger partial charge on any atom is 0.244 e. The fourth-order valence-electron chi connectivity index (χ4n) is 1.69. The number of nitrogens with zero attached hydrogens (tertiary/aromatic N) is 1. The second kappa shape index (κ2) is 7.06. The second-order valence-electron chi connectivity index (χ2n) is 4.10. The Balaban J connectivity index is 2.09. The molecular formula is C12H13BrClN3O2S2. The van der Waals surface area contributed by atoms with Crippen molar-refractivity contribution in [3.05, 3.63) is 38.1 Å². The summed E-state index contributed by atoms with van der Waals surface area (Å²) in [5, 5.41) is 2.77. The molecule has 0 saturated carbocycles. The van der Waals surface area contributed by atoms with Crippen molar-refractivity contribution in [3.8, 4) is 0 Å². The zero-order valence-corrected chi connectivity index (χ0v) is 15.0. The van der Waals surface area contributed by atoms with E-state index in [2.05, 4.69) is 31.0 Å². The van der Waals surface area contributed by atoms with Gasteiger partial charge in [0.25, 0.3) is 0 Å². The SMILES string of the molecule is CNc1ncc(Br)cc1S(=O)(=O)NCCc1ccc(Cl)s1. The van der Waals surface area contributed by atoms with Crippen molar-refractivity contribution in [2.45, 2.75) is 11.3 Å². The molecule has 0 bridgehead atoms. The van der Waals surface area contributed by atoms with Gasteiger partial charge >= 0.3 is 0 Å². The van der Waals surface area contributed by atoms with Gasteiger partial charge in [0.15, 0.2) is 0 Å². The van der Waals surface area contributed by atoms with Crippen molar-refractivity contribution in [1.82, 2.24) is 9.71 Å². The Morgan fingerprint density at radius 3 is 2.81 bits per heavy atom. The standard InChI is InChI=1S/C12H13BrClN3O2S2/c1-15-12-10(6-8(13)7-16-12)21(18,19)17-5-4-9-2-3-11(14)20-9/h2-3,6-7,17H,4-5H2,1H3,(H,15,16). The van der Waals surface area contributed by atoms with E-state index in [-0.39, 0.29) is 4.90 Å². The van der Waals surface area contributed by atoms with Crippen molar-refractivity contribution in [3.63, 3.8) is 0 Å². The molecule has 0 aliphatic rings. The van der Waals surface area contributed by atoms with E-state index in [9.17, 15) is 8.42 Å². The molecule has 0 amide bonds. The van der Waals surface area contributed by atoms with Gasteiger partial charge < -0.3 is 5.32 Å². The van der Waals surface area contributed by atoms with Crippen molar-refractivity contribution in [1.29, 1.82) is 0 Å². The van der Waals surface area contributed by atoms with Gasteiger partial charge in [-0.1, -0.05) is 11.6 Å². The number of pyridine rings is 1. The quantitative estimate of drug-likeness (QED) is 0.767. The molecule has 2 aromatic heterocycles.